The number of imidazole rings is 1. The van der Waals surface area contributed by atoms with Gasteiger partial charge in [0.1, 0.15) is 18.2 Å². The second-order valence-electron chi connectivity index (χ2n) is 8.12. The van der Waals surface area contributed by atoms with E-state index in [1.165, 1.54) is 12.5 Å². The summed E-state index contributed by atoms with van der Waals surface area (Å²) < 4.78 is 7.17. The number of nitrogens with one attached hydrogen (secondary N) is 1. The van der Waals surface area contributed by atoms with Crippen LogP contribution >= 0.6 is 23.2 Å². The summed E-state index contributed by atoms with van der Waals surface area (Å²) in [5.74, 6) is 0.543. The summed E-state index contributed by atoms with van der Waals surface area (Å²) in [7, 11) is 0. The average Bonchev–Trinajstić information content (AvgIpc) is 3.58. The van der Waals surface area contributed by atoms with Crippen LogP contribution in [0.25, 0.3) is 27.8 Å². The van der Waals surface area contributed by atoms with Gasteiger partial charge in [-0.05, 0) is 24.6 Å². The molecule has 5 heterocycles. The molecule has 1 aromatic carbocycles. The molecule has 0 bridgehead atoms. The van der Waals surface area contributed by atoms with Gasteiger partial charge in [-0.2, -0.15) is 0 Å². The normalized spacial score (nSPS) is 15.8. The van der Waals surface area contributed by atoms with Crippen molar-refractivity contribution >= 4 is 62.9 Å². The van der Waals surface area contributed by atoms with E-state index in [1.807, 2.05) is 9.47 Å². The van der Waals surface area contributed by atoms with Gasteiger partial charge in [0.15, 0.2) is 17.3 Å². The van der Waals surface area contributed by atoms with Crippen LogP contribution in [0.1, 0.15) is 16.8 Å². The van der Waals surface area contributed by atoms with E-state index in [0.717, 1.165) is 17.6 Å². The first-order valence-corrected chi connectivity index (χ1v) is 11.4. The number of hydrogen-bond donors (Lipinski definition) is 2. The van der Waals surface area contributed by atoms with Crippen LogP contribution in [0.2, 0.25) is 10.0 Å². The highest BCUT2D eigenvalue weighted by molar-refractivity contribution is 6.36. The van der Waals surface area contributed by atoms with E-state index in [0.29, 0.717) is 51.1 Å². The van der Waals surface area contributed by atoms with Gasteiger partial charge < -0.3 is 20.5 Å². The maximum absolute atomic E-state index is 13.0. The van der Waals surface area contributed by atoms with Gasteiger partial charge in [0.2, 0.25) is 5.58 Å². The van der Waals surface area contributed by atoms with Crippen LogP contribution in [-0.4, -0.2) is 54.7 Å². The monoisotopic (exact) mass is 509 g/mol. The molecule has 1 aliphatic rings. The molecule has 1 fully saturated rings. The lowest BCUT2D eigenvalue weighted by Crippen LogP contribution is -2.37. The van der Waals surface area contributed by atoms with Crippen LogP contribution in [-0.2, 0) is 0 Å². The minimum atomic E-state index is -0.259. The largest absolute Gasteiger partial charge is 0.380 e. The Morgan fingerprint density at radius 1 is 1.17 bits per heavy atom. The van der Waals surface area contributed by atoms with Crippen LogP contribution in [0, 0.1) is 0 Å². The van der Waals surface area contributed by atoms with Gasteiger partial charge in [-0.15, -0.1) is 0 Å². The zero-order valence-electron chi connectivity index (χ0n) is 18.0. The molecule has 0 aliphatic carbocycles. The predicted octanol–water partition coefficient (Wildman–Crippen LogP) is 3.25. The molecule has 1 aliphatic heterocycles. The number of hydrogen-bond acceptors (Lipinski definition) is 9. The molecule has 0 radical (unpaired) electrons. The van der Waals surface area contributed by atoms with Gasteiger partial charge in [0.05, 0.1) is 27.2 Å². The van der Waals surface area contributed by atoms with E-state index in [4.69, 9.17) is 33.5 Å². The second-order valence-corrected chi connectivity index (χ2v) is 8.93. The Bertz CT molecular complexity index is 1600. The quantitative estimate of drug-likeness (QED) is 0.373. The van der Waals surface area contributed by atoms with Crippen LogP contribution in [0.4, 0.5) is 11.6 Å². The number of anilines is 2. The van der Waals surface area contributed by atoms with Crippen molar-refractivity contribution in [1.82, 2.24) is 35.0 Å². The number of rotatable bonds is 4. The topological polar surface area (TPSA) is 141 Å². The fourth-order valence-electron chi connectivity index (χ4n) is 4.29. The maximum atomic E-state index is 13.0. The van der Waals surface area contributed by atoms with Gasteiger partial charge in [0, 0.05) is 31.0 Å². The van der Waals surface area contributed by atoms with Gasteiger partial charge >= 0.3 is 0 Å². The minimum absolute atomic E-state index is 0.110. The molecule has 11 nitrogen and oxygen atoms in total. The van der Waals surface area contributed by atoms with E-state index >= 15 is 0 Å². The number of pyridine rings is 1. The lowest BCUT2D eigenvalue weighted by molar-refractivity contribution is 0.0940. The third-order valence-corrected chi connectivity index (χ3v) is 6.59. The summed E-state index contributed by atoms with van der Waals surface area (Å²) in [5, 5.41) is 8.09. The number of carbonyl (C=O) groups excluding carboxylic acids is 1. The van der Waals surface area contributed by atoms with Crippen LogP contribution in [0.15, 0.2) is 47.8 Å². The molecule has 35 heavy (non-hydrogen) atoms. The SMILES string of the molecule is Nc1noc2c(N3CC[C@@H](NC(=O)c4ccc(-n5cnc6ncncc65)cc4Cl)C3)ncc(Cl)c12. The Kier molecular flexibility index (Phi) is 5.15. The molecular weight excluding hydrogens is 493 g/mol. The molecule has 6 rings (SSSR count). The molecule has 176 valence electrons. The summed E-state index contributed by atoms with van der Waals surface area (Å²) in [5.41, 5.74) is 8.74. The van der Waals surface area contributed by atoms with Crippen molar-refractivity contribution in [1.29, 1.82) is 0 Å². The lowest BCUT2D eigenvalue weighted by atomic mass is 10.1. The Morgan fingerprint density at radius 2 is 2.06 bits per heavy atom. The highest BCUT2D eigenvalue weighted by Gasteiger charge is 2.29. The summed E-state index contributed by atoms with van der Waals surface area (Å²) >= 11 is 12.7. The fraction of sp³-hybridized carbons (Fsp3) is 0.182. The third-order valence-electron chi connectivity index (χ3n) is 5.99. The number of nitrogens with zero attached hydrogens (tertiary/aromatic N) is 7. The molecule has 4 aromatic heterocycles. The number of carbonyl (C=O) groups is 1. The number of halogens is 2. The molecule has 1 atom stereocenters. The van der Waals surface area contributed by atoms with Crippen molar-refractivity contribution in [3.8, 4) is 5.69 Å². The second kappa shape index (κ2) is 8.36. The highest BCUT2D eigenvalue weighted by Crippen LogP contribution is 2.35. The standard InChI is InChI=1S/C22H17Cl2N9O2/c23-14-5-12(33-10-29-20-16(33)7-26-9-28-20)1-2-13(14)22(34)30-11-3-4-32(8-11)21-18-17(15(24)6-27-21)19(25)31-35-18/h1-2,5-7,9-11H,3-4,8H2,(H2,25,31)(H,30,34)/t11-/m1/s1. The number of nitrogens with two attached hydrogens (primary N) is 1. The number of nitrogen functional groups attached to an aromatic ring is 1. The molecule has 5 aromatic rings. The number of aromatic nitrogens is 6. The summed E-state index contributed by atoms with van der Waals surface area (Å²) in [6.07, 6.45) is 7.00. The van der Waals surface area contributed by atoms with E-state index in [1.54, 1.807) is 30.7 Å². The van der Waals surface area contributed by atoms with E-state index < -0.39 is 0 Å². The molecule has 0 saturated carbocycles. The number of benzene rings is 1. The fourth-order valence-corrected chi connectivity index (χ4v) is 4.78. The molecular formula is C22H17Cl2N9O2. The highest BCUT2D eigenvalue weighted by atomic mass is 35.5. The van der Waals surface area contributed by atoms with E-state index in [9.17, 15) is 4.79 Å². The van der Waals surface area contributed by atoms with Crippen LogP contribution in [0.5, 0.6) is 0 Å². The van der Waals surface area contributed by atoms with Crippen molar-refractivity contribution in [3.05, 3.63) is 58.9 Å². The van der Waals surface area contributed by atoms with Gasteiger partial charge in [-0.25, -0.2) is 19.9 Å². The molecule has 1 amide bonds. The lowest BCUT2D eigenvalue weighted by Gasteiger charge is -2.18. The van der Waals surface area contributed by atoms with Gasteiger partial charge in [0.25, 0.3) is 5.91 Å². The Balaban J connectivity index is 1.19. The zero-order chi connectivity index (χ0) is 24.1. The Hall–Kier alpha value is -3.96. The third kappa shape index (κ3) is 3.69. The van der Waals surface area contributed by atoms with Crippen molar-refractivity contribution in [2.24, 2.45) is 0 Å². The smallest absolute Gasteiger partial charge is 0.253 e. The van der Waals surface area contributed by atoms with E-state index in [-0.39, 0.29) is 17.8 Å². The minimum Gasteiger partial charge on any atom is -0.380 e. The van der Waals surface area contributed by atoms with Crippen molar-refractivity contribution in [2.45, 2.75) is 12.5 Å². The van der Waals surface area contributed by atoms with Crippen molar-refractivity contribution < 1.29 is 9.32 Å². The summed E-state index contributed by atoms with van der Waals surface area (Å²) in [4.78, 5) is 31.8. The van der Waals surface area contributed by atoms with Gasteiger partial charge in [-0.1, -0.05) is 28.4 Å². The zero-order valence-corrected chi connectivity index (χ0v) is 19.5. The summed E-state index contributed by atoms with van der Waals surface area (Å²) in [6, 6.07) is 5.10. The first-order valence-electron chi connectivity index (χ1n) is 10.7. The van der Waals surface area contributed by atoms with Crippen LogP contribution in [0.3, 0.4) is 0 Å². The Morgan fingerprint density at radius 3 is 2.91 bits per heavy atom. The van der Waals surface area contributed by atoms with Gasteiger partial charge in [-0.3, -0.25) is 9.36 Å². The molecule has 13 heteroatoms. The summed E-state index contributed by atoms with van der Waals surface area (Å²) in [6.45, 7) is 1.20. The van der Waals surface area contributed by atoms with Crippen molar-refractivity contribution in [3.63, 3.8) is 0 Å². The molecule has 1 saturated heterocycles. The molecule has 0 unspecified atom stereocenters. The van der Waals surface area contributed by atoms with Crippen molar-refractivity contribution in [2.75, 3.05) is 23.7 Å². The molecule has 3 N–H and O–H groups in total. The Labute approximate surface area is 207 Å². The maximum Gasteiger partial charge on any atom is 0.253 e. The number of amides is 1. The average molecular weight is 510 g/mol. The molecule has 0 spiro atoms. The predicted molar refractivity (Wildman–Crippen MR) is 131 cm³/mol. The first-order chi connectivity index (χ1) is 17.0. The van der Waals surface area contributed by atoms with E-state index in [2.05, 4.69) is 30.4 Å². The van der Waals surface area contributed by atoms with Crippen LogP contribution < -0.4 is 16.0 Å². The first kappa shape index (κ1) is 21.6. The number of fused-ring (bicyclic) bond motifs is 2.